The molecule has 1 unspecified atom stereocenters. The van der Waals surface area contributed by atoms with Crippen molar-refractivity contribution in [1.29, 1.82) is 0 Å². The van der Waals surface area contributed by atoms with Gasteiger partial charge in [0.05, 0.1) is 17.9 Å². The van der Waals surface area contributed by atoms with Gasteiger partial charge in [-0.05, 0) is 43.2 Å². The van der Waals surface area contributed by atoms with Gasteiger partial charge in [0.2, 0.25) is 0 Å². The molecule has 0 bridgehead atoms. The lowest BCUT2D eigenvalue weighted by molar-refractivity contribution is 0.0996. The van der Waals surface area contributed by atoms with Gasteiger partial charge in [-0.2, -0.15) is 0 Å². The summed E-state index contributed by atoms with van der Waals surface area (Å²) in [6.07, 6.45) is 5.36. The minimum atomic E-state index is -0.847. The maximum absolute atomic E-state index is 13.9. The Morgan fingerprint density at radius 3 is 2.76 bits per heavy atom. The average Bonchev–Trinajstić information content (AvgIpc) is 2.98. The van der Waals surface area contributed by atoms with E-state index in [0.717, 1.165) is 37.5 Å². The van der Waals surface area contributed by atoms with Crippen molar-refractivity contribution in [2.24, 2.45) is 5.73 Å². The second kappa shape index (κ2) is 7.38. The number of carbonyl (C=O) groups is 2. The average molecular weight is 345 g/mol. The Morgan fingerprint density at radius 1 is 1.24 bits per heavy atom. The van der Waals surface area contributed by atoms with Crippen LogP contribution in [0.4, 0.5) is 14.9 Å². The standard InChI is InChI=1S/C18H20FN3O3/c19-14-11-12(7-8-13(14)17(20)23)21-18(24)22-9-3-1-2-5-15(22)16-6-4-10-25-16/h4,6-8,10-11,15H,1-3,5,9H2,(H2,20,23)(H,21,24). The summed E-state index contributed by atoms with van der Waals surface area (Å²) < 4.78 is 19.4. The molecular formula is C18H20FN3O3. The van der Waals surface area contributed by atoms with Crippen LogP contribution in [-0.4, -0.2) is 23.4 Å². The van der Waals surface area contributed by atoms with E-state index in [0.29, 0.717) is 6.54 Å². The number of carbonyl (C=O) groups excluding carboxylic acids is 2. The number of hydrogen-bond donors (Lipinski definition) is 2. The summed E-state index contributed by atoms with van der Waals surface area (Å²) in [5, 5.41) is 2.69. The number of nitrogens with zero attached hydrogens (tertiary/aromatic N) is 1. The van der Waals surface area contributed by atoms with E-state index in [2.05, 4.69) is 5.32 Å². The topological polar surface area (TPSA) is 88.6 Å². The minimum absolute atomic E-state index is 0.146. The molecule has 0 aliphatic carbocycles. The van der Waals surface area contributed by atoms with E-state index in [4.69, 9.17) is 10.2 Å². The number of primary amides is 1. The zero-order valence-electron chi connectivity index (χ0n) is 13.7. The molecule has 3 N–H and O–H groups in total. The number of hydrogen-bond acceptors (Lipinski definition) is 3. The molecule has 1 aromatic heterocycles. The fraction of sp³-hybridized carbons (Fsp3) is 0.333. The van der Waals surface area contributed by atoms with Crippen LogP contribution in [0.15, 0.2) is 41.0 Å². The van der Waals surface area contributed by atoms with Crippen molar-refractivity contribution in [2.45, 2.75) is 31.7 Å². The molecule has 3 rings (SSSR count). The summed E-state index contributed by atoms with van der Waals surface area (Å²) in [7, 11) is 0. The molecule has 25 heavy (non-hydrogen) atoms. The van der Waals surface area contributed by atoms with Crippen LogP contribution in [0, 0.1) is 5.82 Å². The zero-order chi connectivity index (χ0) is 17.8. The molecule has 2 heterocycles. The number of rotatable bonds is 3. The zero-order valence-corrected chi connectivity index (χ0v) is 13.7. The summed E-state index contributed by atoms with van der Waals surface area (Å²) in [5.74, 6) is -0.864. The second-order valence-corrected chi connectivity index (χ2v) is 6.06. The largest absolute Gasteiger partial charge is 0.467 e. The molecule has 132 valence electrons. The molecule has 0 radical (unpaired) electrons. The highest BCUT2D eigenvalue weighted by molar-refractivity contribution is 5.94. The Hall–Kier alpha value is -2.83. The predicted molar refractivity (Wildman–Crippen MR) is 90.6 cm³/mol. The van der Waals surface area contributed by atoms with Gasteiger partial charge in [0.15, 0.2) is 0 Å². The summed E-state index contributed by atoms with van der Waals surface area (Å²) in [5.41, 5.74) is 5.15. The lowest BCUT2D eigenvalue weighted by atomic mass is 10.1. The van der Waals surface area contributed by atoms with Crippen molar-refractivity contribution < 1.29 is 18.4 Å². The number of anilines is 1. The smallest absolute Gasteiger partial charge is 0.322 e. The number of halogens is 1. The van der Waals surface area contributed by atoms with Gasteiger partial charge in [-0.25, -0.2) is 9.18 Å². The highest BCUT2D eigenvalue weighted by atomic mass is 19.1. The molecule has 1 aliphatic heterocycles. The fourth-order valence-electron chi connectivity index (χ4n) is 3.12. The van der Waals surface area contributed by atoms with Gasteiger partial charge < -0.3 is 20.4 Å². The van der Waals surface area contributed by atoms with Crippen LogP contribution in [0.2, 0.25) is 0 Å². The van der Waals surface area contributed by atoms with Gasteiger partial charge in [0.1, 0.15) is 11.6 Å². The molecule has 6 nitrogen and oxygen atoms in total. The van der Waals surface area contributed by atoms with Crippen LogP contribution in [-0.2, 0) is 0 Å². The second-order valence-electron chi connectivity index (χ2n) is 6.06. The first-order valence-electron chi connectivity index (χ1n) is 8.26. The number of amides is 3. The third-order valence-corrected chi connectivity index (χ3v) is 4.37. The Labute approximate surface area is 144 Å². The maximum Gasteiger partial charge on any atom is 0.322 e. The van der Waals surface area contributed by atoms with Crippen molar-refractivity contribution in [3.63, 3.8) is 0 Å². The molecular weight excluding hydrogens is 325 g/mol. The molecule has 7 heteroatoms. The molecule has 2 aromatic rings. The highest BCUT2D eigenvalue weighted by Crippen LogP contribution is 2.31. The van der Waals surface area contributed by atoms with Gasteiger partial charge in [-0.3, -0.25) is 4.79 Å². The number of furan rings is 1. The minimum Gasteiger partial charge on any atom is -0.467 e. The van der Waals surface area contributed by atoms with Crippen molar-refractivity contribution >= 4 is 17.6 Å². The Morgan fingerprint density at radius 2 is 2.08 bits per heavy atom. The van der Waals surface area contributed by atoms with Crippen molar-refractivity contribution in [2.75, 3.05) is 11.9 Å². The molecule has 1 aliphatic rings. The van der Waals surface area contributed by atoms with E-state index in [1.807, 2.05) is 6.07 Å². The quantitative estimate of drug-likeness (QED) is 0.889. The van der Waals surface area contributed by atoms with Crippen LogP contribution < -0.4 is 11.1 Å². The molecule has 0 saturated carbocycles. The first-order chi connectivity index (χ1) is 12.1. The third-order valence-electron chi connectivity index (χ3n) is 4.37. The summed E-state index contributed by atoms with van der Waals surface area (Å²) in [6, 6.07) is 7.01. The van der Waals surface area contributed by atoms with Gasteiger partial charge in [-0.1, -0.05) is 12.8 Å². The van der Waals surface area contributed by atoms with E-state index in [1.165, 1.54) is 12.1 Å². The molecule has 1 saturated heterocycles. The number of nitrogens with two attached hydrogens (primary N) is 1. The van der Waals surface area contributed by atoms with E-state index >= 15 is 0 Å². The van der Waals surface area contributed by atoms with Crippen molar-refractivity contribution in [3.05, 3.63) is 53.7 Å². The highest BCUT2D eigenvalue weighted by Gasteiger charge is 2.28. The Bertz CT molecular complexity index is 761. The SMILES string of the molecule is NC(=O)c1ccc(NC(=O)N2CCCCCC2c2ccco2)cc1F. The van der Waals surface area contributed by atoms with Gasteiger partial charge in [0.25, 0.3) is 5.91 Å². The van der Waals surface area contributed by atoms with E-state index in [1.54, 1.807) is 17.2 Å². The summed E-state index contributed by atoms with van der Waals surface area (Å²) >= 11 is 0. The van der Waals surface area contributed by atoms with Crippen molar-refractivity contribution in [1.82, 2.24) is 4.90 Å². The van der Waals surface area contributed by atoms with Crippen LogP contribution in [0.3, 0.4) is 0 Å². The lowest BCUT2D eigenvalue weighted by Gasteiger charge is -2.28. The predicted octanol–water partition coefficient (Wildman–Crippen LogP) is 3.67. The number of benzene rings is 1. The van der Waals surface area contributed by atoms with Gasteiger partial charge in [0, 0.05) is 12.2 Å². The van der Waals surface area contributed by atoms with Crippen LogP contribution >= 0.6 is 0 Å². The van der Waals surface area contributed by atoms with E-state index in [-0.39, 0.29) is 23.3 Å². The number of likely N-dealkylation sites (tertiary alicyclic amines) is 1. The number of nitrogens with one attached hydrogen (secondary N) is 1. The van der Waals surface area contributed by atoms with Crippen molar-refractivity contribution in [3.8, 4) is 0 Å². The van der Waals surface area contributed by atoms with E-state index < -0.39 is 11.7 Å². The lowest BCUT2D eigenvalue weighted by Crippen LogP contribution is -2.38. The van der Waals surface area contributed by atoms with Crippen LogP contribution in [0.25, 0.3) is 0 Å². The molecule has 1 fully saturated rings. The number of urea groups is 1. The summed E-state index contributed by atoms with van der Waals surface area (Å²) in [4.78, 5) is 25.5. The summed E-state index contributed by atoms with van der Waals surface area (Å²) in [6.45, 7) is 0.596. The molecule has 3 amide bonds. The monoisotopic (exact) mass is 345 g/mol. The Kier molecular flexibility index (Phi) is 5.02. The molecule has 1 aromatic carbocycles. The van der Waals surface area contributed by atoms with Gasteiger partial charge in [-0.15, -0.1) is 0 Å². The maximum atomic E-state index is 13.9. The van der Waals surface area contributed by atoms with Crippen LogP contribution in [0.5, 0.6) is 0 Å². The fourth-order valence-corrected chi connectivity index (χ4v) is 3.12. The first kappa shape index (κ1) is 17.0. The first-order valence-corrected chi connectivity index (χ1v) is 8.26. The molecule has 1 atom stereocenters. The molecule has 0 spiro atoms. The van der Waals surface area contributed by atoms with Crippen LogP contribution in [0.1, 0.15) is 47.8 Å². The third kappa shape index (κ3) is 3.81. The Balaban J connectivity index is 1.78. The van der Waals surface area contributed by atoms with E-state index in [9.17, 15) is 14.0 Å². The normalized spacial score (nSPS) is 17.8. The van der Waals surface area contributed by atoms with Gasteiger partial charge >= 0.3 is 6.03 Å².